The summed E-state index contributed by atoms with van der Waals surface area (Å²) in [4.78, 5) is 36.6. The van der Waals surface area contributed by atoms with E-state index in [2.05, 4.69) is 6.92 Å². The lowest BCUT2D eigenvalue weighted by molar-refractivity contribution is -0.870. The highest BCUT2D eigenvalue weighted by atomic mass is 31.2. The van der Waals surface area contributed by atoms with Crippen molar-refractivity contribution in [1.82, 2.24) is 0 Å². The fourth-order valence-electron chi connectivity index (χ4n) is 5.46. The SMILES string of the molecule is CCCCCCCCCCCCCCCCCCCCCCCCC(=O)OC(COC(=O)CCCC)COP(=O)([O-])OCC[N+](C)(C)C. The Balaban J connectivity index is 3.94. The van der Waals surface area contributed by atoms with Gasteiger partial charge in [-0.3, -0.25) is 14.2 Å². The lowest BCUT2D eigenvalue weighted by Gasteiger charge is -2.28. The third kappa shape index (κ3) is 34.9. The summed E-state index contributed by atoms with van der Waals surface area (Å²) in [6.07, 6.45) is 29.7. The van der Waals surface area contributed by atoms with Crippen LogP contribution in [0.25, 0.3) is 0 Å². The van der Waals surface area contributed by atoms with Crippen LogP contribution in [0.15, 0.2) is 0 Å². The molecule has 0 rings (SSSR count). The van der Waals surface area contributed by atoms with Gasteiger partial charge >= 0.3 is 11.9 Å². The molecule has 0 spiro atoms. The number of ether oxygens (including phenoxy) is 2. The molecule has 0 heterocycles. The van der Waals surface area contributed by atoms with Crippen LogP contribution in [-0.4, -0.2) is 70.0 Å². The Morgan fingerprint density at radius 1 is 0.562 bits per heavy atom. The van der Waals surface area contributed by atoms with E-state index in [1.165, 1.54) is 122 Å². The van der Waals surface area contributed by atoms with Crippen LogP contribution >= 0.6 is 7.82 Å². The van der Waals surface area contributed by atoms with Gasteiger partial charge in [0, 0.05) is 12.8 Å². The van der Waals surface area contributed by atoms with Crippen LogP contribution in [0, 0.1) is 0 Å². The number of phosphoric ester groups is 1. The summed E-state index contributed by atoms with van der Waals surface area (Å²) >= 11 is 0. The number of rotatable bonds is 36. The van der Waals surface area contributed by atoms with E-state index in [4.69, 9.17) is 18.5 Å². The van der Waals surface area contributed by atoms with Gasteiger partial charge < -0.3 is 27.9 Å². The second-order valence-electron chi connectivity index (χ2n) is 14.7. The number of hydrogen-bond donors (Lipinski definition) is 0. The number of likely N-dealkylation sites (N-methyl/N-ethyl adjacent to an activating group) is 1. The molecule has 2 unspecified atom stereocenters. The zero-order chi connectivity index (χ0) is 35.8. The highest BCUT2D eigenvalue weighted by Crippen LogP contribution is 2.38. The Labute approximate surface area is 295 Å². The third-order valence-electron chi connectivity index (χ3n) is 8.63. The first-order chi connectivity index (χ1) is 23.0. The lowest BCUT2D eigenvalue weighted by atomic mass is 10.0. The molecule has 0 bridgehead atoms. The fourth-order valence-corrected chi connectivity index (χ4v) is 6.19. The summed E-state index contributed by atoms with van der Waals surface area (Å²) in [5.41, 5.74) is 0. The molecule has 0 fully saturated rings. The van der Waals surface area contributed by atoms with E-state index in [1.54, 1.807) is 0 Å². The van der Waals surface area contributed by atoms with Crippen LogP contribution in [0.3, 0.4) is 0 Å². The van der Waals surface area contributed by atoms with E-state index in [0.29, 0.717) is 23.9 Å². The zero-order valence-electron chi connectivity index (χ0n) is 32.0. The molecule has 0 aliphatic rings. The highest BCUT2D eigenvalue weighted by Gasteiger charge is 2.21. The van der Waals surface area contributed by atoms with Gasteiger partial charge in [-0.15, -0.1) is 0 Å². The summed E-state index contributed by atoms with van der Waals surface area (Å²) in [7, 11) is 1.17. The summed E-state index contributed by atoms with van der Waals surface area (Å²) in [5.74, 6) is -0.866. The maximum absolute atomic E-state index is 12.5. The van der Waals surface area contributed by atoms with Crippen molar-refractivity contribution in [3.05, 3.63) is 0 Å². The van der Waals surface area contributed by atoms with Crippen molar-refractivity contribution in [2.24, 2.45) is 0 Å². The number of carbonyl (C=O) groups excluding carboxylic acids is 2. The highest BCUT2D eigenvalue weighted by molar-refractivity contribution is 7.45. The molecule has 2 atom stereocenters. The second-order valence-corrected chi connectivity index (χ2v) is 16.1. The van der Waals surface area contributed by atoms with Crippen LogP contribution in [-0.2, 0) is 32.7 Å². The number of hydrogen-bond acceptors (Lipinski definition) is 8. The van der Waals surface area contributed by atoms with E-state index < -0.39 is 32.5 Å². The quantitative estimate of drug-likeness (QED) is 0.0274. The predicted octanol–water partition coefficient (Wildman–Crippen LogP) is 9.83. The van der Waals surface area contributed by atoms with Crippen molar-refractivity contribution >= 4 is 19.8 Å². The number of quaternary nitrogens is 1. The van der Waals surface area contributed by atoms with Gasteiger partial charge in [-0.05, 0) is 12.8 Å². The summed E-state index contributed by atoms with van der Waals surface area (Å²) in [6.45, 7) is 3.98. The Morgan fingerprint density at radius 3 is 1.38 bits per heavy atom. The minimum absolute atomic E-state index is 0.0275. The standard InChI is InChI=1S/C38H76NO8P/c1-6-8-10-11-12-13-14-15-16-17-18-19-20-21-22-23-24-25-26-27-28-29-31-38(41)47-36(34-44-37(40)30-9-7-2)35-46-48(42,43)45-33-32-39(3,4)5/h36H,6-35H2,1-5H3. The number of carbonyl (C=O) groups is 2. The molecule has 9 nitrogen and oxygen atoms in total. The van der Waals surface area contributed by atoms with Crippen LogP contribution in [0.2, 0.25) is 0 Å². The number of unbranched alkanes of at least 4 members (excludes halogenated alkanes) is 22. The van der Waals surface area contributed by atoms with Crippen molar-refractivity contribution in [2.45, 2.75) is 187 Å². The molecule has 0 aromatic carbocycles. The van der Waals surface area contributed by atoms with Crippen LogP contribution < -0.4 is 4.89 Å². The van der Waals surface area contributed by atoms with Crippen LogP contribution in [0.4, 0.5) is 0 Å². The molecule has 0 aliphatic heterocycles. The minimum atomic E-state index is -4.59. The van der Waals surface area contributed by atoms with E-state index in [0.717, 1.165) is 19.3 Å². The largest absolute Gasteiger partial charge is 0.756 e. The normalized spacial score (nSPS) is 13.7. The first-order valence-corrected chi connectivity index (χ1v) is 21.2. The molecule has 286 valence electrons. The fraction of sp³-hybridized carbons (Fsp3) is 0.947. The van der Waals surface area contributed by atoms with E-state index in [9.17, 15) is 19.0 Å². The molecule has 0 amide bonds. The lowest BCUT2D eigenvalue weighted by Crippen LogP contribution is -2.37. The monoisotopic (exact) mass is 706 g/mol. The van der Waals surface area contributed by atoms with Crippen molar-refractivity contribution in [2.75, 3.05) is 47.5 Å². The van der Waals surface area contributed by atoms with Gasteiger partial charge in [-0.25, -0.2) is 0 Å². The van der Waals surface area contributed by atoms with Crippen LogP contribution in [0.1, 0.15) is 181 Å². The molecule has 10 heteroatoms. The summed E-state index contributed by atoms with van der Waals surface area (Å²) < 4.78 is 33.3. The predicted molar refractivity (Wildman–Crippen MR) is 195 cm³/mol. The Hall–Kier alpha value is -0.990. The first kappa shape index (κ1) is 47.0. The minimum Gasteiger partial charge on any atom is -0.756 e. The van der Waals surface area contributed by atoms with Crippen molar-refractivity contribution in [3.8, 4) is 0 Å². The summed E-state index contributed by atoms with van der Waals surface area (Å²) in [5, 5.41) is 0. The molecule has 0 aromatic rings. The molecule has 48 heavy (non-hydrogen) atoms. The molecule has 0 saturated carbocycles. The van der Waals surface area contributed by atoms with Gasteiger partial charge in [0.1, 0.15) is 19.8 Å². The molecule has 0 aromatic heterocycles. The van der Waals surface area contributed by atoms with Gasteiger partial charge in [0.15, 0.2) is 6.10 Å². The Kier molecular flexibility index (Phi) is 31.3. The van der Waals surface area contributed by atoms with Crippen molar-refractivity contribution in [1.29, 1.82) is 0 Å². The average molecular weight is 706 g/mol. The van der Waals surface area contributed by atoms with E-state index in [1.807, 2.05) is 28.1 Å². The number of nitrogens with zero attached hydrogens (tertiary/aromatic N) is 1. The number of phosphoric acid groups is 1. The molecule has 0 saturated heterocycles. The molecular formula is C38H76NO8P. The van der Waals surface area contributed by atoms with Crippen LogP contribution in [0.5, 0.6) is 0 Å². The van der Waals surface area contributed by atoms with Gasteiger partial charge in [-0.2, -0.15) is 0 Å². The maximum atomic E-state index is 12.5. The van der Waals surface area contributed by atoms with Crippen molar-refractivity contribution in [3.63, 3.8) is 0 Å². The van der Waals surface area contributed by atoms with Gasteiger partial charge in [0.05, 0.1) is 27.7 Å². The Bertz CT molecular complexity index is 804. The first-order valence-electron chi connectivity index (χ1n) is 19.7. The third-order valence-corrected chi connectivity index (χ3v) is 9.59. The average Bonchev–Trinajstić information content (AvgIpc) is 3.03. The topological polar surface area (TPSA) is 111 Å². The molecule has 0 radical (unpaired) electrons. The van der Waals surface area contributed by atoms with Gasteiger partial charge in [0.25, 0.3) is 7.82 Å². The van der Waals surface area contributed by atoms with Gasteiger partial charge in [0.2, 0.25) is 0 Å². The zero-order valence-corrected chi connectivity index (χ0v) is 32.8. The smallest absolute Gasteiger partial charge is 0.306 e. The van der Waals surface area contributed by atoms with Gasteiger partial charge in [-0.1, -0.05) is 155 Å². The van der Waals surface area contributed by atoms with E-state index >= 15 is 0 Å². The second kappa shape index (κ2) is 32.0. The maximum Gasteiger partial charge on any atom is 0.306 e. The Morgan fingerprint density at radius 2 is 0.958 bits per heavy atom. The summed E-state index contributed by atoms with van der Waals surface area (Å²) in [6, 6.07) is 0. The van der Waals surface area contributed by atoms with E-state index in [-0.39, 0.29) is 26.1 Å². The molecule has 0 N–H and O–H groups in total. The number of esters is 2. The molecular weight excluding hydrogens is 629 g/mol. The molecule has 0 aliphatic carbocycles. The van der Waals surface area contributed by atoms with Crippen molar-refractivity contribution < 1.29 is 42.1 Å².